The van der Waals surface area contributed by atoms with Crippen molar-refractivity contribution in [1.82, 2.24) is 0 Å². The van der Waals surface area contributed by atoms with Crippen molar-refractivity contribution in [2.75, 3.05) is 6.54 Å². The average molecular weight is 243 g/mol. The lowest BCUT2D eigenvalue weighted by atomic mass is 10.2. The van der Waals surface area contributed by atoms with E-state index in [-0.39, 0.29) is 5.13 Å². The highest BCUT2D eigenvalue weighted by Crippen LogP contribution is 2.12. The van der Waals surface area contributed by atoms with Gasteiger partial charge in [0.25, 0.3) is 0 Å². The fourth-order valence-corrected chi connectivity index (χ4v) is 1.85. The van der Waals surface area contributed by atoms with Gasteiger partial charge < -0.3 is 0 Å². The second-order valence-corrected chi connectivity index (χ2v) is 4.32. The summed E-state index contributed by atoms with van der Waals surface area (Å²) in [5.74, 6) is 5.75. The Balaban J connectivity index is 1.88. The molecule has 0 radical (unpaired) electrons. The molecular formula is C14H10FNS. The highest BCUT2D eigenvalue weighted by atomic mass is 32.1. The third kappa shape index (κ3) is 3.86. The fraction of sp³-hybridized carbons (Fsp3) is 0.0714. The number of hydrogen-bond donors (Lipinski definition) is 0. The molecule has 0 N–H and O–H groups in total. The fourth-order valence-electron chi connectivity index (χ4n) is 1.24. The molecule has 0 bridgehead atoms. The average Bonchev–Trinajstić information content (AvgIpc) is 2.76. The lowest BCUT2D eigenvalue weighted by Crippen LogP contribution is -1.81. The maximum atomic E-state index is 12.6. The van der Waals surface area contributed by atoms with E-state index in [1.54, 1.807) is 12.3 Å². The highest BCUT2D eigenvalue weighted by Gasteiger charge is 1.92. The van der Waals surface area contributed by atoms with Gasteiger partial charge in [0.1, 0.15) is 6.54 Å². The predicted molar refractivity (Wildman–Crippen MR) is 70.1 cm³/mol. The van der Waals surface area contributed by atoms with Crippen molar-refractivity contribution >= 4 is 17.6 Å². The van der Waals surface area contributed by atoms with Crippen LogP contribution in [0.5, 0.6) is 0 Å². The second kappa shape index (κ2) is 5.97. The van der Waals surface area contributed by atoms with Gasteiger partial charge in [-0.25, -0.2) is 0 Å². The zero-order chi connectivity index (χ0) is 11.9. The maximum Gasteiger partial charge on any atom is 0.177 e. The summed E-state index contributed by atoms with van der Waals surface area (Å²) in [6.45, 7) is 0.425. The van der Waals surface area contributed by atoms with E-state index < -0.39 is 0 Å². The Morgan fingerprint density at radius 3 is 2.71 bits per heavy atom. The number of hydrogen-bond acceptors (Lipinski definition) is 2. The summed E-state index contributed by atoms with van der Waals surface area (Å²) in [5, 5.41) is -0.206. The van der Waals surface area contributed by atoms with Crippen LogP contribution in [-0.2, 0) is 0 Å². The monoisotopic (exact) mass is 243 g/mol. The molecule has 2 aromatic rings. The van der Waals surface area contributed by atoms with Crippen LogP contribution in [0.2, 0.25) is 0 Å². The summed E-state index contributed by atoms with van der Waals surface area (Å²) in [6, 6.07) is 12.9. The molecule has 1 nitrogen and oxygen atoms in total. The molecule has 0 spiro atoms. The summed E-state index contributed by atoms with van der Waals surface area (Å²) in [5.41, 5.74) is 1.05. The van der Waals surface area contributed by atoms with E-state index in [2.05, 4.69) is 16.8 Å². The van der Waals surface area contributed by atoms with Gasteiger partial charge in [0.05, 0.1) is 4.88 Å². The lowest BCUT2D eigenvalue weighted by molar-refractivity contribution is 0.657. The molecule has 0 aliphatic rings. The van der Waals surface area contributed by atoms with Crippen LogP contribution in [0.1, 0.15) is 10.4 Å². The van der Waals surface area contributed by atoms with Crippen molar-refractivity contribution in [3.8, 4) is 11.8 Å². The van der Waals surface area contributed by atoms with Crippen LogP contribution in [-0.4, -0.2) is 12.8 Å². The van der Waals surface area contributed by atoms with E-state index in [9.17, 15) is 4.39 Å². The Labute approximate surface area is 104 Å². The number of thiophene rings is 1. The quantitative estimate of drug-likeness (QED) is 0.566. The van der Waals surface area contributed by atoms with Crippen molar-refractivity contribution < 1.29 is 4.39 Å². The van der Waals surface area contributed by atoms with Crippen LogP contribution in [0.4, 0.5) is 4.39 Å². The van der Waals surface area contributed by atoms with Gasteiger partial charge in [-0.15, -0.1) is 0 Å². The number of aliphatic imine (C=N–C) groups is 1. The van der Waals surface area contributed by atoms with Gasteiger partial charge in [-0.1, -0.05) is 53.5 Å². The minimum atomic E-state index is -0.206. The topological polar surface area (TPSA) is 12.4 Å². The molecule has 0 atom stereocenters. The van der Waals surface area contributed by atoms with Gasteiger partial charge in [0, 0.05) is 6.21 Å². The molecule has 0 aliphatic heterocycles. The minimum Gasteiger partial charge on any atom is -0.280 e. The largest absolute Gasteiger partial charge is 0.280 e. The second-order valence-electron chi connectivity index (χ2n) is 3.29. The van der Waals surface area contributed by atoms with Gasteiger partial charge in [-0.3, -0.25) is 4.99 Å². The molecule has 0 saturated heterocycles. The maximum absolute atomic E-state index is 12.6. The van der Waals surface area contributed by atoms with Gasteiger partial charge >= 0.3 is 0 Å². The smallest absolute Gasteiger partial charge is 0.177 e. The minimum absolute atomic E-state index is 0.206. The number of nitrogens with zero attached hydrogens (tertiary/aromatic N) is 1. The van der Waals surface area contributed by atoms with E-state index in [0.717, 1.165) is 21.8 Å². The van der Waals surface area contributed by atoms with Gasteiger partial charge in [0.15, 0.2) is 5.13 Å². The number of benzene rings is 1. The summed E-state index contributed by atoms with van der Waals surface area (Å²) < 4.78 is 12.6. The van der Waals surface area contributed by atoms with Crippen molar-refractivity contribution in [2.24, 2.45) is 4.99 Å². The van der Waals surface area contributed by atoms with Crippen molar-refractivity contribution in [1.29, 1.82) is 0 Å². The summed E-state index contributed by atoms with van der Waals surface area (Å²) in [4.78, 5) is 4.91. The summed E-state index contributed by atoms with van der Waals surface area (Å²) in [7, 11) is 0. The van der Waals surface area contributed by atoms with Crippen molar-refractivity contribution in [3.05, 3.63) is 58.0 Å². The SMILES string of the molecule is Fc1ccc(C#CCN=Cc2ccccc2)s1. The highest BCUT2D eigenvalue weighted by molar-refractivity contribution is 7.10. The van der Waals surface area contributed by atoms with Crippen molar-refractivity contribution in [3.63, 3.8) is 0 Å². The molecule has 3 heteroatoms. The first-order chi connectivity index (χ1) is 8.34. The Kier molecular flexibility index (Phi) is 4.06. The molecule has 1 aromatic heterocycles. The summed E-state index contributed by atoms with van der Waals surface area (Å²) in [6.07, 6.45) is 1.78. The molecule has 17 heavy (non-hydrogen) atoms. The summed E-state index contributed by atoms with van der Waals surface area (Å²) >= 11 is 1.05. The first-order valence-electron chi connectivity index (χ1n) is 5.14. The Morgan fingerprint density at radius 2 is 2.00 bits per heavy atom. The zero-order valence-electron chi connectivity index (χ0n) is 9.06. The first-order valence-corrected chi connectivity index (χ1v) is 5.95. The standard InChI is InChI=1S/C14H10FNS/c15-14-9-8-13(17-14)7-4-10-16-11-12-5-2-1-3-6-12/h1-3,5-6,8-9,11H,10H2. The van der Waals surface area contributed by atoms with Crippen LogP contribution >= 0.6 is 11.3 Å². The van der Waals surface area contributed by atoms with E-state index in [1.165, 1.54) is 6.07 Å². The first kappa shape index (κ1) is 11.6. The molecule has 0 aliphatic carbocycles. The molecule has 84 valence electrons. The third-order valence-electron chi connectivity index (χ3n) is 2.00. The van der Waals surface area contributed by atoms with E-state index >= 15 is 0 Å². The molecule has 2 rings (SSSR count). The van der Waals surface area contributed by atoms with Crippen LogP contribution < -0.4 is 0 Å². The van der Waals surface area contributed by atoms with Gasteiger partial charge in [0.2, 0.25) is 0 Å². The van der Waals surface area contributed by atoms with Crippen molar-refractivity contribution in [2.45, 2.75) is 0 Å². The van der Waals surface area contributed by atoms with Gasteiger partial charge in [-0.2, -0.15) is 4.39 Å². The Morgan fingerprint density at radius 1 is 1.18 bits per heavy atom. The molecule has 1 heterocycles. The molecule has 0 saturated carbocycles. The molecule has 0 unspecified atom stereocenters. The van der Waals surface area contributed by atoms with E-state index in [1.807, 2.05) is 30.3 Å². The number of rotatable bonds is 2. The van der Waals surface area contributed by atoms with E-state index in [4.69, 9.17) is 0 Å². The van der Waals surface area contributed by atoms with Crippen LogP contribution in [0.25, 0.3) is 0 Å². The van der Waals surface area contributed by atoms with E-state index in [0.29, 0.717) is 6.54 Å². The van der Waals surface area contributed by atoms with Crippen LogP contribution in [0.3, 0.4) is 0 Å². The normalized spacial score (nSPS) is 10.2. The van der Waals surface area contributed by atoms with Crippen LogP contribution in [0, 0.1) is 17.0 Å². The predicted octanol–water partition coefficient (Wildman–Crippen LogP) is 3.36. The third-order valence-corrected chi connectivity index (χ3v) is 2.78. The molecule has 1 aromatic carbocycles. The molecule has 0 fully saturated rings. The lowest BCUT2D eigenvalue weighted by Gasteiger charge is -1.88. The molecule has 0 amide bonds. The molecular weight excluding hydrogens is 233 g/mol. The van der Waals surface area contributed by atoms with Crippen LogP contribution in [0.15, 0.2) is 47.5 Å². The Bertz CT molecular complexity index is 561. The zero-order valence-corrected chi connectivity index (χ0v) is 9.88. The number of halogens is 1. The van der Waals surface area contributed by atoms with Gasteiger partial charge in [-0.05, 0) is 17.7 Å². The Hall–Kier alpha value is -1.92.